The summed E-state index contributed by atoms with van der Waals surface area (Å²) in [5.74, 6) is 0.569. The molecule has 0 unspecified atom stereocenters. The Labute approximate surface area is 128 Å². The standard InChI is InChI=1S/C15H15ClN4O/c1-9(2)20-12-8-17-15(16)18-13(12)19(3)11-7-5-4-6-10(11)14(20)21/h4-9H,1-3H3. The van der Waals surface area contributed by atoms with Gasteiger partial charge in [-0.25, -0.2) is 4.98 Å². The van der Waals surface area contributed by atoms with Crippen molar-refractivity contribution in [2.75, 3.05) is 16.8 Å². The first kappa shape index (κ1) is 13.8. The molecule has 5 nitrogen and oxygen atoms in total. The Morgan fingerprint density at radius 2 is 1.90 bits per heavy atom. The van der Waals surface area contributed by atoms with Crippen molar-refractivity contribution in [3.63, 3.8) is 0 Å². The maximum atomic E-state index is 12.9. The highest BCUT2D eigenvalue weighted by atomic mass is 35.5. The van der Waals surface area contributed by atoms with Crippen molar-refractivity contribution in [2.24, 2.45) is 0 Å². The van der Waals surface area contributed by atoms with Crippen LogP contribution in [0.5, 0.6) is 0 Å². The van der Waals surface area contributed by atoms with Gasteiger partial charge in [-0.3, -0.25) is 4.79 Å². The predicted molar refractivity (Wildman–Crippen MR) is 83.5 cm³/mol. The van der Waals surface area contributed by atoms with E-state index in [0.29, 0.717) is 17.1 Å². The number of para-hydroxylation sites is 1. The van der Waals surface area contributed by atoms with E-state index in [1.165, 1.54) is 0 Å². The topological polar surface area (TPSA) is 49.3 Å². The maximum Gasteiger partial charge on any atom is 0.260 e. The lowest BCUT2D eigenvalue weighted by Crippen LogP contribution is -2.36. The number of aromatic nitrogens is 2. The number of carbonyl (C=O) groups is 1. The molecule has 1 aliphatic rings. The van der Waals surface area contributed by atoms with Gasteiger partial charge >= 0.3 is 0 Å². The molecule has 2 heterocycles. The lowest BCUT2D eigenvalue weighted by Gasteiger charge is -2.26. The zero-order valence-electron chi connectivity index (χ0n) is 12.0. The number of hydrogen-bond acceptors (Lipinski definition) is 4. The molecule has 6 heteroatoms. The number of rotatable bonds is 1. The summed E-state index contributed by atoms with van der Waals surface area (Å²) < 4.78 is 0. The minimum atomic E-state index is -0.0582. The molecule has 0 saturated carbocycles. The van der Waals surface area contributed by atoms with Gasteiger partial charge in [0.1, 0.15) is 5.69 Å². The fourth-order valence-electron chi connectivity index (χ4n) is 2.58. The molecule has 0 bridgehead atoms. The van der Waals surface area contributed by atoms with Crippen LogP contribution in [-0.4, -0.2) is 29.0 Å². The Kier molecular flexibility index (Phi) is 3.29. The summed E-state index contributed by atoms with van der Waals surface area (Å²) in [7, 11) is 1.87. The number of carbonyl (C=O) groups excluding carboxylic acids is 1. The molecule has 108 valence electrons. The molecule has 0 atom stereocenters. The van der Waals surface area contributed by atoms with E-state index >= 15 is 0 Å². The van der Waals surface area contributed by atoms with Gasteiger partial charge in [-0.15, -0.1) is 0 Å². The highest BCUT2D eigenvalue weighted by Gasteiger charge is 2.32. The molecule has 0 aliphatic carbocycles. The molecule has 1 amide bonds. The second-order valence-electron chi connectivity index (χ2n) is 5.19. The zero-order valence-corrected chi connectivity index (χ0v) is 12.8. The largest absolute Gasteiger partial charge is 0.327 e. The number of hydrogen-bond donors (Lipinski definition) is 0. The highest BCUT2D eigenvalue weighted by molar-refractivity contribution is 6.28. The van der Waals surface area contributed by atoms with E-state index in [0.717, 1.165) is 5.69 Å². The Bertz CT molecular complexity index is 717. The first-order valence-electron chi connectivity index (χ1n) is 6.69. The molecule has 0 spiro atoms. The molecular formula is C15H15ClN4O. The smallest absolute Gasteiger partial charge is 0.260 e. The predicted octanol–water partition coefficient (Wildman–Crippen LogP) is 3.27. The van der Waals surface area contributed by atoms with Crippen LogP contribution in [0.1, 0.15) is 24.2 Å². The molecule has 21 heavy (non-hydrogen) atoms. The summed E-state index contributed by atoms with van der Waals surface area (Å²) in [6.07, 6.45) is 1.60. The van der Waals surface area contributed by atoms with Crippen LogP contribution in [0, 0.1) is 0 Å². The summed E-state index contributed by atoms with van der Waals surface area (Å²) in [5, 5.41) is 0.163. The van der Waals surface area contributed by atoms with Gasteiger partial charge in [0.2, 0.25) is 5.28 Å². The van der Waals surface area contributed by atoms with E-state index in [-0.39, 0.29) is 17.2 Å². The van der Waals surface area contributed by atoms with E-state index in [9.17, 15) is 4.79 Å². The second-order valence-corrected chi connectivity index (χ2v) is 5.53. The van der Waals surface area contributed by atoms with Crippen molar-refractivity contribution >= 4 is 34.7 Å². The quantitative estimate of drug-likeness (QED) is 0.759. The summed E-state index contributed by atoms with van der Waals surface area (Å²) in [6, 6.07) is 7.47. The third-order valence-electron chi connectivity index (χ3n) is 3.53. The molecule has 2 aromatic rings. The normalized spacial score (nSPS) is 14.0. The number of anilines is 3. The third-order valence-corrected chi connectivity index (χ3v) is 3.71. The zero-order chi connectivity index (χ0) is 15.1. The fraction of sp³-hybridized carbons (Fsp3) is 0.267. The van der Waals surface area contributed by atoms with E-state index in [2.05, 4.69) is 9.97 Å². The average Bonchev–Trinajstić information content (AvgIpc) is 2.55. The molecule has 3 rings (SSSR count). The molecule has 0 saturated heterocycles. The summed E-state index contributed by atoms with van der Waals surface area (Å²) in [4.78, 5) is 24.8. The van der Waals surface area contributed by atoms with Gasteiger partial charge in [0.05, 0.1) is 17.4 Å². The molecular weight excluding hydrogens is 288 g/mol. The summed E-state index contributed by atoms with van der Waals surface area (Å²) in [5.41, 5.74) is 2.11. The number of fused-ring (bicyclic) bond motifs is 2. The minimum Gasteiger partial charge on any atom is -0.327 e. The summed E-state index contributed by atoms with van der Waals surface area (Å²) in [6.45, 7) is 3.93. The monoisotopic (exact) mass is 302 g/mol. The van der Waals surface area contributed by atoms with Crippen LogP contribution < -0.4 is 9.80 Å². The van der Waals surface area contributed by atoms with Crippen LogP contribution in [0.4, 0.5) is 17.2 Å². The number of halogens is 1. The Hall–Kier alpha value is -2.14. The van der Waals surface area contributed by atoms with Crippen LogP contribution in [0.25, 0.3) is 0 Å². The van der Waals surface area contributed by atoms with Crippen molar-refractivity contribution < 1.29 is 4.79 Å². The van der Waals surface area contributed by atoms with E-state index < -0.39 is 0 Å². The molecule has 0 radical (unpaired) electrons. The number of benzene rings is 1. The highest BCUT2D eigenvalue weighted by Crippen LogP contribution is 2.39. The number of amides is 1. The van der Waals surface area contributed by atoms with Gasteiger partial charge < -0.3 is 9.80 Å². The fourth-order valence-corrected chi connectivity index (χ4v) is 2.70. The minimum absolute atomic E-state index is 0.0134. The van der Waals surface area contributed by atoms with Crippen LogP contribution >= 0.6 is 11.6 Å². The van der Waals surface area contributed by atoms with Crippen molar-refractivity contribution in [2.45, 2.75) is 19.9 Å². The molecule has 0 fully saturated rings. The Balaban J connectivity index is 2.32. The van der Waals surface area contributed by atoms with Crippen molar-refractivity contribution in [1.29, 1.82) is 0 Å². The van der Waals surface area contributed by atoms with E-state index in [1.54, 1.807) is 11.1 Å². The maximum absolute atomic E-state index is 12.9. The Morgan fingerprint density at radius 3 is 2.62 bits per heavy atom. The molecule has 0 N–H and O–H groups in total. The van der Waals surface area contributed by atoms with E-state index in [1.807, 2.05) is 50.1 Å². The first-order chi connectivity index (χ1) is 10.0. The first-order valence-corrected chi connectivity index (χ1v) is 7.07. The van der Waals surface area contributed by atoms with Gasteiger partial charge in [0.15, 0.2) is 5.82 Å². The summed E-state index contributed by atoms with van der Waals surface area (Å²) >= 11 is 5.93. The molecule has 1 aromatic heterocycles. The van der Waals surface area contributed by atoms with E-state index in [4.69, 9.17) is 11.6 Å². The lowest BCUT2D eigenvalue weighted by atomic mass is 10.1. The Morgan fingerprint density at radius 1 is 1.19 bits per heavy atom. The van der Waals surface area contributed by atoms with Gasteiger partial charge in [-0.2, -0.15) is 4.98 Å². The second kappa shape index (κ2) is 5.00. The van der Waals surface area contributed by atoms with Crippen molar-refractivity contribution in [3.05, 3.63) is 41.3 Å². The average molecular weight is 303 g/mol. The molecule has 1 aliphatic heterocycles. The van der Waals surface area contributed by atoms with Crippen LogP contribution in [0.3, 0.4) is 0 Å². The van der Waals surface area contributed by atoms with Gasteiger partial charge in [0.25, 0.3) is 5.91 Å². The number of nitrogens with zero attached hydrogens (tertiary/aromatic N) is 4. The van der Waals surface area contributed by atoms with Crippen molar-refractivity contribution in [1.82, 2.24) is 9.97 Å². The van der Waals surface area contributed by atoms with Crippen LogP contribution in [-0.2, 0) is 0 Å². The van der Waals surface area contributed by atoms with Crippen molar-refractivity contribution in [3.8, 4) is 0 Å². The van der Waals surface area contributed by atoms with Gasteiger partial charge in [0, 0.05) is 13.1 Å². The van der Waals surface area contributed by atoms with Gasteiger partial charge in [-0.1, -0.05) is 12.1 Å². The lowest BCUT2D eigenvalue weighted by molar-refractivity contribution is 0.0981. The third kappa shape index (κ3) is 2.14. The SMILES string of the molecule is CC(C)N1C(=O)c2ccccc2N(C)c2nc(Cl)ncc21. The van der Waals surface area contributed by atoms with Gasteiger partial charge in [-0.05, 0) is 37.6 Å². The van der Waals surface area contributed by atoms with Crippen LogP contribution in [0.15, 0.2) is 30.5 Å². The molecule has 1 aromatic carbocycles. The van der Waals surface area contributed by atoms with Crippen LogP contribution in [0.2, 0.25) is 5.28 Å².